The van der Waals surface area contributed by atoms with Crippen molar-refractivity contribution in [1.82, 2.24) is 5.32 Å². The molecule has 1 aromatic heterocycles. The van der Waals surface area contributed by atoms with E-state index in [9.17, 15) is 9.90 Å². The van der Waals surface area contributed by atoms with Crippen LogP contribution in [0.25, 0.3) is 0 Å². The van der Waals surface area contributed by atoms with Crippen LogP contribution in [-0.2, 0) is 0 Å². The van der Waals surface area contributed by atoms with Gasteiger partial charge in [-0.2, -0.15) is 0 Å². The van der Waals surface area contributed by atoms with Crippen LogP contribution in [0.1, 0.15) is 52.2 Å². The number of nitrogens with one attached hydrogen (secondary N) is 1. The largest absolute Gasteiger partial charge is 0.391 e. The summed E-state index contributed by atoms with van der Waals surface area (Å²) in [4.78, 5) is 13.9. The second kappa shape index (κ2) is 7.60. The Hall–Kier alpha value is -1.35. The fourth-order valence-electron chi connectivity index (χ4n) is 2.55. The average molecular weight is 306 g/mol. The molecular formula is C16H22N2O2S. The first kappa shape index (κ1) is 16.0. The van der Waals surface area contributed by atoms with Crippen molar-refractivity contribution in [2.24, 2.45) is 5.73 Å². The summed E-state index contributed by atoms with van der Waals surface area (Å²) in [6, 6.07) is 1.71. The molecule has 1 amide bonds. The summed E-state index contributed by atoms with van der Waals surface area (Å²) in [6.07, 6.45) is 4.39. The van der Waals surface area contributed by atoms with E-state index in [0.29, 0.717) is 11.4 Å². The van der Waals surface area contributed by atoms with Crippen LogP contribution in [0.4, 0.5) is 0 Å². The zero-order valence-electron chi connectivity index (χ0n) is 12.3. The number of aryl methyl sites for hydroxylation is 1. The van der Waals surface area contributed by atoms with Crippen LogP contribution < -0.4 is 11.1 Å². The fraction of sp³-hybridized carbons (Fsp3) is 0.562. The molecule has 2 rings (SSSR count). The molecule has 1 aliphatic rings. The van der Waals surface area contributed by atoms with Crippen LogP contribution in [0, 0.1) is 18.8 Å². The van der Waals surface area contributed by atoms with Gasteiger partial charge in [-0.15, -0.1) is 11.3 Å². The third-order valence-corrected chi connectivity index (χ3v) is 4.89. The molecule has 5 heteroatoms. The van der Waals surface area contributed by atoms with E-state index < -0.39 is 6.10 Å². The predicted octanol–water partition coefficient (Wildman–Crippen LogP) is 1.79. The van der Waals surface area contributed by atoms with Crippen LogP contribution >= 0.6 is 11.3 Å². The monoisotopic (exact) mass is 306 g/mol. The molecule has 2 atom stereocenters. The highest BCUT2D eigenvalue weighted by atomic mass is 32.1. The highest BCUT2D eigenvalue weighted by Crippen LogP contribution is 2.22. The summed E-state index contributed by atoms with van der Waals surface area (Å²) in [5.41, 5.74) is 6.36. The molecule has 0 saturated heterocycles. The van der Waals surface area contributed by atoms with Crippen LogP contribution in [0.3, 0.4) is 0 Å². The lowest BCUT2D eigenvalue weighted by Gasteiger charge is -2.21. The van der Waals surface area contributed by atoms with Crippen molar-refractivity contribution >= 4 is 17.2 Å². The summed E-state index contributed by atoms with van der Waals surface area (Å²) >= 11 is 1.38. The number of amides is 1. The number of aliphatic hydroxyl groups excluding tert-OH is 1. The standard InChI is InChI=1S/C16H22N2O2S/c1-11-10-15(21-14(11)8-5-9-17)16(20)18-12-6-3-2-4-7-13(12)19/h10,12-13,19H,2-4,6-7,9,17H2,1H3,(H,18,20). The molecule has 0 radical (unpaired) electrons. The zero-order chi connectivity index (χ0) is 15.2. The maximum absolute atomic E-state index is 12.3. The van der Waals surface area contributed by atoms with Gasteiger partial charge in [0.25, 0.3) is 5.91 Å². The van der Waals surface area contributed by atoms with Gasteiger partial charge in [0.15, 0.2) is 0 Å². The SMILES string of the molecule is Cc1cc(C(=O)NC2CCCCCC2O)sc1C#CCN. The normalized spacial score (nSPS) is 22.0. The molecule has 1 saturated carbocycles. The lowest BCUT2D eigenvalue weighted by Crippen LogP contribution is -2.42. The number of nitrogens with two attached hydrogens (primary N) is 1. The van der Waals surface area contributed by atoms with E-state index >= 15 is 0 Å². The molecule has 114 valence electrons. The van der Waals surface area contributed by atoms with Crippen LogP contribution in [-0.4, -0.2) is 29.7 Å². The minimum Gasteiger partial charge on any atom is -0.391 e. The second-order valence-corrected chi connectivity index (χ2v) is 6.47. The Morgan fingerprint density at radius 1 is 1.48 bits per heavy atom. The highest BCUT2D eigenvalue weighted by Gasteiger charge is 2.24. The maximum Gasteiger partial charge on any atom is 0.261 e. The Labute approximate surface area is 129 Å². The first-order valence-corrected chi connectivity index (χ1v) is 8.21. The van der Waals surface area contributed by atoms with E-state index in [-0.39, 0.29) is 11.9 Å². The Bertz CT molecular complexity index is 556. The maximum atomic E-state index is 12.3. The molecule has 0 bridgehead atoms. The van der Waals surface area contributed by atoms with Gasteiger partial charge in [0.2, 0.25) is 0 Å². The van der Waals surface area contributed by atoms with Crippen molar-refractivity contribution in [2.75, 3.05) is 6.54 Å². The molecular weight excluding hydrogens is 284 g/mol. The topological polar surface area (TPSA) is 75.3 Å². The van der Waals surface area contributed by atoms with Crippen molar-refractivity contribution in [3.8, 4) is 11.8 Å². The van der Waals surface area contributed by atoms with Gasteiger partial charge in [-0.3, -0.25) is 4.79 Å². The van der Waals surface area contributed by atoms with Gasteiger partial charge in [-0.1, -0.05) is 31.1 Å². The Morgan fingerprint density at radius 2 is 2.24 bits per heavy atom. The summed E-state index contributed by atoms with van der Waals surface area (Å²) in [7, 11) is 0. The van der Waals surface area contributed by atoms with Gasteiger partial charge < -0.3 is 16.2 Å². The van der Waals surface area contributed by atoms with Gasteiger partial charge in [-0.05, 0) is 31.4 Å². The molecule has 0 aliphatic heterocycles. The quantitative estimate of drug-likeness (QED) is 0.576. The Morgan fingerprint density at radius 3 is 3.00 bits per heavy atom. The first-order valence-electron chi connectivity index (χ1n) is 7.40. The van der Waals surface area contributed by atoms with E-state index in [1.54, 1.807) is 0 Å². The molecule has 0 spiro atoms. The van der Waals surface area contributed by atoms with Crippen molar-refractivity contribution in [3.05, 3.63) is 21.4 Å². The van der Waals surface area contributed by atoms with E-state index in [4.69, 9.17) is 5.73 Å². The van der Waals surface area contributed by atoms with Gasteiger partial charge in [0.05, 0.1) is 28.4 Å². The van der Waals surface area contributed by atoms with E-state index in [1.807, 2.05) is 13.0 Å². The van der Waals surface area contributed by atoms with E-state index in [0.717, 1.165) is 42.5 Å². The van der Waals surface area contributed by atoms with Gasteiger partial charge >= 0.3 is 0 Å². The molecule has 1 fully saturated rings. The highest BCUT2D eigenvalue weighted by molar-refractivity contribution is 7.14. The lowest BCUT2D eigenvalue weighted by molar-refractivity contribution is 0.0822. The van der Waals surface area contributed by atoms with Crippen LogP contribution in [0.2, 0.25) is 0 Å². The first-order chi connectivity index (χ1) is 10.1. The number of hydrogen-bond acceptors (Lipinski definition) is 4. The van der Waals surface area contributed by atoms with Crippen molar-refractivity contribution in [3.63, 3.8) is 0 Å². The number of rotatable bonds is 2. The Balaban J connectivity index is 2.06. The smallest absolute Gasteiger partial charge is 0.261 e. The lowest BCUT2D eigenvalue weighted by atomic mass is 10.1. The molecule has 1 aliphatic carbocycles. The molecule has 2 unspecified atom stereocenters. The van der Waals surface area contributed by atoms with E-state index in [2.05, 4.69) is 17.2 Å². The molecule has 0 aromatic carbocycles. The summed E-state index contributed by atoms with van der Waals surface area (Å²) in [5.74, 6) is 5.68. The van der Waals surface area contributed by atoms with Gasteiger partial charge in [0.1, 0.15) is 0 Å². The number of carbonyl (C=O) groups excluding carboxylic acids is 1. The molecule has 21 heavy (non-hydrogen) atoms. The average Bonchev–Trinajstić information content (AvgIpc) is 2.72. The molecule has 1 aromatic rings. The minimum atomic E-state index is -0.436. The van der Waals surface area contributed by atoms with Gasteiger partial charge in [0, 0.05) is 0 Å². The van der Waals surface area contributed by atoms with Crippen molar-refractivity contribution in [1.29, 1.82) is 0 Å². The zero-order valence-corrected chi connectivity index (χ0v) is 13.1. The third-order valence-electron chi connectivity index (χ3n) is 3.74. The van der Waals surface area contributed by atoms with E-state index in [1.165, 1.54) is 11.3 Å². The van der Waals surface area contributed by atoms with Crippen molar-refractivity contribution < 1.29 is 9.90 Å². The van der Waals surface area contributed by atoms with Crippen molar-refractivity contribution in [2.45, 2.75) is 51.2 Å². The molecule has 4 nitrogen and oxygen atoms in total. The molecule has 4 N–H and O–H groups in total. The number of carbonyl (C=O) groups is 1. The number of thiophene rings is 1. The number of hydrogen-bond donors (Lipinski definition) is 3. The van der Waals surface area contributed by atoms with Crippen LogP contribution in [0.15, 0.2) is 6.07 Å². The number of aliphatic hydroxyl groups is 1. The third kappa shape index (κ3) is 4.31. The van der Waals surface area contributed by atoms with Gasteiger partial charge in [-0.25, -0.2) is 0 Å². The van der Waals surface area contributed by atoms with Crippen LogP contribution in [0.5, 0.6) is 0 Å². The summed E-state index contributed by atoms with van der Waals surface area (Å²) in [5, 5.41) is 13.0. The molecule has 1 heterocycles. The summed E-state index contributed by atoms with van der Waals surface area (Å²) in [6.45, 7) is 2.25. The predicted molar refractivity (Wildman–Crippen MR) is 85.3 cm³/mol. The Kier molecular flexibility index (Phi) is 5.80. The second-order valence-electron chi connectivity index (χ2n) is 5.41. The fourth-order valence-corrected chi connectivity index (χ4v) is 3.50. The minimum absolute atomic E-state index is 0.116. The summed E-state index contributed by atoms with van der Waals surface area (Å²) < 4.78 is 0.